The Morgan fingerprint density at radius 1 is 1.40 bits per heavy atom. The van der Waals surface area contributed by atoms with E-state index in [-0.39, 0.29) is 5.25 Å². The zero-order valence-corrected chi connectivity index (χ0v) is 9.93. The van der Waals surface area contributed by atoms with Gasteiger partial charge in [0.15, 0.2) is 0 Å². The summed E-state index contributed by atoms with van der Waals surface area (Å²) in [6.07, 6.45) is 6.32. The van der Waals surface area contributed by atoms with E-state index in [1.54, 1.807) is 13.8 Å². The topological polar surface area (TPSA) is 55.4 Å². The number of sulfonamides is 1. The molecule has 15 heavy (non-hydrogen) atoms. The molecular formula is C10H17NO3S. The van der Waals surface area contributed by atoms with E-state index in [1.807, 2.05) is 0 Å². The van der Waals surface area contributed by atoms with Crippen LogP contribution < -0.4 is 4.72 Å². The molecule has 0 amide bonds. The van der Waals surface area contributed by atoms with Gasteiger partial charge in [0.25, 0.3) is 0 Å². The van der Waals surface area contributed by atoms with Crippen LogP contribution in [0.3, 0.4) is 0 Å². The normalized spacial score (nSPS) is 19.8. The summed E-state index contributed by atoms with van der Waals surface area (Å²) in [6.45, 7) is 4.35. The van der Waals surface area contributed by atoms with E-state index in [2.05, 4.69) is 10.6 Å². The molecule has 1 aliphatic rings. The van der Waals surface area contributed by atoms with Gasteiger partial charge < -0.3 is 4.74 Å². The average molecular weight is 231 g/mol. The van der Waals surface area contributed by atoms with Gasteiger partial charge in [-0.1, -0.05) is 5.92 Å². The molecule has 1 saturated heterocycles. The first-order chi connectivity index (χ1) is 6.87. The molecule has 1 heterocycles. The van der Waals surface area contributed by atoms with Crippen molar-refractivity contribution in [2.75, 3.05) is 13.2 Å². The largest absolute Gasteiger partial charge is 0.381 e. The summed E-state index contributed by atoms with van der Waals surface area (Å²) in [5, 5.41) is -0.376. The van der Waals surface area contributed by atoms with Gasteiger partial charge in [0.1, 0.15) is 0 Å². The Balaban J connectivity index is 2.71. The first kappa shape index (κ1) is 12.5. The molecule has 0 spiro atoms. The minimum Gasteiger partial charge on any atom is -0.381 e. The molecule has 0 bridgehead atoms. The van der Waals surface area contributed by atoms with E-state index in [9.17, 15) is 8.42 Å². The maximum absolute atomic E-state index is 11.9. The highest BCUT2D eigenvalue weighted by Crippen LogP contribution is 2.16. The smallest absolute Gasteiger partial charge is 0.215 e. The van der Waals surface area contributed by atoms with Gasteiger partial charge in [0.2, 0.25) is 10.0 Å². The molecule has 0 saturated carbocycles. The SMILES string of the molecule is C#CC(C)(C)NS(=O)(=O)C1CCOCC1. The molecule has 0 aliphatic carbocycles. The van der Waals surface area contributed by atoms with Crippen LogP contribution in [0.4, 0.5) is 0 Å². The van der Waals surface area contributed by atoms with Gasteiger partial charge in [-0.2, -0.15) is 4.72 Å². The highest BCUT2D eigenvalue weighted by atomic mass is 32.2. The quantitative estimate of drug-likeness (QED) is 0.719. The van der Waals surface area contributed by atoms with Crippen molar-refractivity contribution < 1.29 is 13.2 Å². The second-order valence-electron chi connectivity index (χ2n) is 4.23. The van der Waals surface area contributed by atoms with Crippen molar-refractivity contribution in [3.05, 3.63) is 0 Å². The van der Waals surface area contributed by atoms with E-state index in [1.165, 1.54) is 0 Å². The Hall–Kier alpha value is -0.570. The monoisotopic (exact) mass is 231 g/mol. The van der Waals surface area contributed by atoms with Crippen LogP contribution in [0, 0.1) is 12.3 Å². The van der Waals surface area contributed by atoms with Crippen LogP contribution in [0.1, 0.15) is 26.7 Å². The molecular weight excluding hydrogens is 214 g/mol. The fourth-order valence-corrected chi connectivity index (χ4v) is 3.20. The average Bonchev–Trinajstić information content (AvgIpc) is 2.18. The maximum Gasteiger partial charge on any atom is 0.215 e. The molecule has 0 atom stereocenters. The standard InChI is InChI=1S/C10H17NO3S/c1-4-10(2,3)11-15(12,13)9-5-7-14-8-6-9/h1,9,11H,5-8H2,2-3H3. The molecule has 0 aromatic rings. The van der Waals surface area contributed by atoms with Crippen LogP contribution in [0.5, 0.6) is 0 Å². The third-order valence-electron chi connectivity index (χ3n) is 2.37. The van der Waals surface area contributed by atoms with Gasteiger partial charge in [-0.15, -0.1) is 6.42 Å². The van der Waals surface area contributed by atoms with Crippen molar-refractivity contribution in [2.45, 2.75) is 37.5 Å². The third-order valence-corrected chi connectivity index (χ3v) is 4.51. The highest BCUT2D eigenvalue weighted by Gasteiger charge is 2.31. The maximum atomic E-state index is 11.9. The van der Waals surface area contributed by atoms with E-state index in [4.69, 9.17) is 11.2 Å². The van der Waals surface area contributed by atoms with E-state index < -0.39 is 15.6 Å². The predicted octanol–water partition coefficient (Wildman–Crippen LogP) is 0.497. The molecule has 5 heteroatoms. The Morgan fingerprint density at radius 2 is 1.93 bits per heavy atom. The van der Waals surface area contributed by atoms with Gasteiger partial charge in [-0.05, 0) is 26.7 Å². The van der Waals surface area contributed by atoms with Gasteiger partial charge in [0.05, 0.1) is 10.8 Å². The summed E-state index contributed by atoms with van der Waals surface area (Å²) in [4.78, 5) is 0. The summed E-state index contributed by atoms with van der Waals surface area (Å²) >= 11 is 0. The fraction of sp³-hybridized carbons (Fsp3) is 0.800. The predicted molar refractivity (Wildman–Crippen MR) is 58.8 cm³/mol. The van der Waals surface area contributed by atoms with Gasteiger partial charge in [-0.3, -0.25) is 0 Å². The minimum atomic E-state index is -3.33. The molecule has 1 rings (SSSR count). The van der Waals surface area contributed by atoms with E-state index in [0.29, 0.717) is 26.1 Å². The fourth-order valence-electron chi connectivity index (χ4n) is 1.45. The Labute approximate surface area is 91.4 Å². The molecule has 0 unspecified atom stereocenters. The molecule has 86 valence electrons. The first-order valence-electron chi connectivity index (χ1n) is 4.96. The molecule has 1 aliphatic heterocycles. The van der Waals surface area contributed by atoms with Crippen LogP contribution in [-0.4, -0.2) is 32.4 Å². The van der Waals surface area contributed by atoms with E-state index >= 15 is 0 Å². The van der Waals surface area contributed by atoms with E-state index in [0.717, 1.165) is 0 Å². The van der Waals surface area contributed by atoms with Crippen molar-refractivity contribution in [1.82, 2.24) is 4.72 Å². The van der Waals surface area contributed by atoms with Gasteiger partial charge >= 0.3 is 0 Å². The lowest BCUT2D eigenvalue weighted by molar-refractivity contribution is 0.0980. The molecule has 4 nitrogen and oxygen atoms in total. The van der Waals surface area contributed by atoms with Crippen molar-refractivity contribution in [3.63, 3.8) is 0 Å². The second-order valence-corrected chi connectivity index (χ2v) is 6.19. The molecule has 1 N–H and O–H groups in total. The zero-order chi connectivity index (χ0) is 11.5. The van der Waals surface area contributed by atoms with Gasteiger partial charge in [-0.25, -0.2) is 8.42 Å². The number of hydrogen-bond donors (Lipinski definition) is 1. The van der Waals surface area contributed by atoms with Crippen LogP contribution in [0.15, 0.2) is 0 Å². The van der Waals surface area contributed by atoms with Crippen LogP contribution in [-0.2, 0) is 14.8 Å². The lowest BCUT2D eigenvalue weighted by atomic mass is 10.1. The number of nitrogens with one attached hydrogen (secondary N) is 1. The highest BCUT2D eigenvalue weighted by molar-refractivity contribution is 7.90. The molecule has 0 radical (unpaired) electrons. The number of rotatable bonds is 3. The minimum absolute atomic E-state index is 0.376. The summed E-state index contributed by atoms with van der Waals surface area (Å²) in [6, 6.07) is 0. The molecule has 0 aromatic heterocycles. The molecule has 0 aromatic carbocycles. The Morgan fingerprint density at radius 3 is 2.40 bits per heavy atom. The zero-order valence-electron chi connectivity index (χ0n) is 9.12. The van der Waals surface area contributed by atoms with Crippen LogP contribution in [0.25, 0.3) is 0 Å². The first-order valence-corrected chi connectivity index (χ1v) is 6.50. The van der Waals surface area contributed by atoms with Crippen molar-refractivity contribution in [3.8, 4) is 12.3 Å². The summed E-state index contributed by atoms with van der Waals surface area (Å²) < 4.78 is 31.4. The van der Waals surface area contributed by atoms with Crippen molar-refractivity contribution in [2.24, 2.45) is 0 Å². The Bertz CT molecular complexity index is 347. The van der Waals surface area contributed by atoms with Gasteiger partial charge in [0, 0.05) is 13.2 Å². The summed E-state index contributed by atoms with van der Waals surface area (Å²) in [5.41, 5.74) is -0.822. The Kier molecular flexibility index (Phi) is 3.77. The van der Waals surface area contributed by atoms with Crippen LogP contribution in [0.2, 0.25) is 0 Å². The summed E-state index contributed by atoms with van der Waals surface area (Å²) in [7, 11) is -3.33. The number of terminal acetylenes is 1. The number of hydrogen-bond acceptors (Lipinski definition) is 3. The summed E-state index contributed by atoms with van der Waals surface area (Å²) in [5.74, 6) is 2.41. The van der Waals surface area contributed by atoms with Crippen molar-refractivity contribution >= 4 is 10.0 Å². The second kappa shape index (κ2) is 4.52. The number of ether oxygens (including phenoxy) is 1. The lowest BCUT2D eigenvalue weighted by Gasteiger charge is -2.27. The lowest BCUT2D eigenvalue weighted by Crippen LogP contribution is -2.47. The molecule has 1 fully saturated rings. The third kappa shape index (κ3) is 3.49. The van der Waals surface area contributed by atoms with Crippen molar-refractivity contribution in [1.29, 1.82) is 0 Å². The van der Waals surface area contributed by atoms with Crippen LogP contribution >= 0.6 is 0 Å².